The molecule has 1 unspecified atom stereocenters. The molecule has 2 aromatic heterocycles. The minimum absolute atomic E-state index is 0.144. The van der Waals surface area contributed by atoms with Gasteiger partial charge in [-0.05, 0) is 26.0 Å². The van der Waals surface area contributed by atoms with Crippen LogP contribution in [0, 0.1) is 0 Å². The summed E-state index contributed by atoms with van der Waals surface area (Å²) in [5.41, 5.74) is 0.566. The minimum Gasteiger partial charge on any atom is -0.475 e. The van der Waals surface area contributed by atoms with Gasteiger partial charge in [0.25, 0.3) is 0 Å². The molecule has 0 aliphatic rings. The fourth-order valence-corrected chi connectivity index (χ4v) is 1.72. The second-order valence-electron chi connectivity index (χ2n) is 4.23. The van der Waals surface area contributed by atoms with Crippen molar-refractivity contribution in [3.8, 4) is 0 Å². The van der Waals surface area contributed by atoms with Crippen molar-refractivity contribution in [2.75, 3.05) is 0 Å². The Labute approximate surface area is 103 Å². The van der Waals surface area contributed by atoms with Crippen molar-refractivity contribution in [3.63, 3.8) is 0 Å². The van der Waals surface area contributed by atoms with E-state index in [-0.39, 0.29) is 17.6 Å². The molecular weight excluding hydrogens is 236 g/mol. The second-order valence-corrected chi connectivity index (χ2v) is 4.23. The number of nitrogens with zero attached hydrogens (tertiary/aromatic N) is 2. The van der Waals surface area contributed by atoms with Crippen molar-refractivity contribution in [1.82, 2.24) is 9.55 Å². The zero-order chi connectivity index (χ0) is 13.3. The molecule has 6 heteroatoms. The number of imidazole rings is 1. The molecule has 0 saturated carbocycles. The zero-order valence-electron chi connectivity index (χ0n) is 10.1. The first kappa shape index (κ1) is 12.4. The Bertz CT molecular complexity index is 556. The van der Waals surface area contributed by atoms with E-state index in [4.69, 9.17) is 9.52 Å². The molecule has 96 valence electrons. The van der Waals surface area contributed by atoms with Crippen LogP contribution >= 0.6 is 0 Å². The number of hydrogen-bond donors (Lipinski definition) is 2. The van der Waals surface area contributed by atoms with E-state index in [2.05, 4.69) is 4.98 Å². The fraction of sp³-hybridized carbons (Fsp3) is 0.333. The highest BCUT2D eigenvalue weighted by Crippen LogP contribution is 2.25. The highest BCUT2D eigenvalue weighted by Gasteiger charge is 2.21. The molecule has 18 heavy (non-hydrogen) atoms. The summed E-state index contributed by atoms with van der Waals surface area (Å²) in [5, 5.41) is 18.9. The first-order valence-electron chi connectivity index (χ1n) is 5.53. The summed E-state index contributed by atoms with van der Waals surface area (Å²) in [6.07, 6.45) is 2.13. The zero-order valence-corrected chi connectivity index (χ0v) is 10.1. The summed E-state index contributed by atoms with van der Waals surface area (Å²) in [6, 6.07) is 2.91. The van der Waals surface area contributed by atoms with E-state index in [9.17, 15) is 9.90 Å². The maximum absolute atomic E-state index is 10.7. The van der Waals surface area contributed by atoms with Gasteiger partial charge in [0.05, 0.1) is 18.2 Å². The van der Waals surface area contributed by atoms with Gasteiger partial charge in [-0.1, -0.05) is 0 Å². The maximum atomic E-state index is 10.7. The van der Waals surface area contributed by atoms with Crippen molar-refractivity contribution in [2.45, 2.75) is 26.0 Å². The van der Waals surface area contributed by atoms with Crippen LogP contribution in [0.2, 0.25) is 0 Å². The lowest BCUT2D eigenvalue weighted by molar-refractivity contribution is 0.0654. The standard InChI is InChI=1S/C12H14N2O4/c1-7(2)14-6-13-5-8(14)11(15)9-3-4-10(18-9)12(16)17/h3-7,11,15H,1-2H3,(H,16,17). The van der Waals surface area contributed by atoms with Crippen LogP contribution in [0.4, 0.5) is 0 Å². The molecule has 0 aromatic carbocycles. The molecule has 2 aromatic rings. The average Bonchev–Trinajstić information content (AvgIpc) is 2.97. The SMILES string of the molecule is CC(C)n1cncc1C(O)c1ccc(C(=O)O)o1. The predicted molar refractivity (Wildman–Crippen MR) is 62.3 cm³/mol. The number of aromatic nitrogens is 2. The number of carbonyl (C=O) groups is 1. The topological polar surface area (TPSA) is 88.5 Å². The molecule has 0 spiro atoms. The molecule has 1 atom stereocenters. The lowest BCUT2D eigenvalue weighted by atomic mass is 10.2. The molecule has 2 heterocycles. The Morgan fingerprint density at radius 3 is 2.72 bits per heavy atom. The smallest absolute Gasteiger partial charge is 0.371 e. The number of carboxylic acids is 1. The van der Waals surface area contributed by atoms with E-state index in [1.54, 1.807) is 10.9 Å². The monoisotopic (exact) mass is 250 g/mol. The lowest BCUT2D eigenvalue weighted by Gasteiger charge is -2.14. The molecule has 2 N–H and O–H groups in total. The van der Waals surface area contributed by atoms with E-state index in [0.29, 0.717) is 5.69 Å². The van der Waals surface area contributed by atoms with Gasteiger partial charge in [0.1, 0.15) is 5.76 Å². The van der Waals surface area contributed by atoms with Crippen LogP contribution in [-0.2, 0) is 0 Å². The van der Waals surface area contributed by atoms with Crippen LogP contribution in [0.3, 0.4) is 0 Å². The van der Waals surface area contributed by atoms with Gasteiger partial charge in [-0.3, -0.25) is 0 Å². The fourth-order valence-electron chi connectivity index (χ4n) is 1.72. The van der Waals surface area contributed by atoms with Crippen molar-refractivity contribution >= 4 is 5.97 Å². The van der Waals surface area contributed by atoms with Crippen LogP contribution < -0.4 is 0 Å². The van der Waals surface area contributed by atoms with E-state index in [0.717, 1.165) is 0 Å². The predicted octanol–water partition coefficient (Wildman–Crippen LogP) is 1.84. The number of aromatic carboxylic acids is 1. The molecule has 0 aliphatic carbocycles. The summed E-state index contributed by atoms with van der Waals surface area (Å²) < 4.78 is 6.87. The van der Waals surface area contributed by atoms with Gasteiger partial charge in [0.2, 0.25) is 5.76 Å². The van der Waals surface area contributed by atoms with Crippen LogP contribution in [0.25, 0.3) is 0 Å². The highest BCUT2D eigenvalue weighted by atomic mass is 16.4. The number of aliphatic hydroxyl groups is 1. The van der Waals surface area contributed by atoms with Gasteiger partial charge in [-0.15, -0.1) is 0 Å². The second kappa shape index (κ2) is 4.66. The van der Waals surface area contributed by atoms with Gasteiger partial charge < -0.3 is 19.2 Å². The molecule has 0 fully saturated rings. The third kappa shape index (κ3) is 2.14. The maximum Gasteiger partial charge on any atom is 0.371 e. The Hall–Kier alpha value is -2.08. The Kier molecular flexibility index (Phi) is 3.20. The summed E-state index contributed by atoms with van der Waals surface area (Å²) in [7, 11) is 0. The lowest BCUT2D eigenvalue weighted by Crippen LogP contribution is -2.09. The first-order valence-corrected chi connectivity index (χ1v) is 5.53. The van der Waals surface area contributed by atoms with E-state index in [1.165, 1.54) is 18.3 Å². The van der Waals surface area contributed by atoms with Crippen LogP contribution in [0.5, 0.6) is 0 Å². The van der Waals surface area contributed by atoms with E-state index >= 15 is 0 Å². The molecule has 2 rings (SSSR count). The quantitative estimate of drug-likeness (QED) is 0.864. The Balaban J connectivity index is 2.32. The summed E-state index contributed by atoms with van der Waals surface area (Å²) >= 11 is 0. The minimum atomic E-state index is -1.16. The molecular formula is C12H14N2O4. The van der Waals surface area contributed by atoms with E-state index in [1.807, 2.05) is 13.8 Å². The van der Waals surface area contributed by atoms with Gasteiger partial charge in [0.15, 0.2) is 6.10 Å². The number of furan rings is 1. The molecule has 0 aliphatic heterocycles. The van der Waals surface area contributed by atoms with E-state index < -0.39 is 12.1 Å². The largest absolute Gasteiger partial charge is 0.475 e. The van der Waals surface area contributed by atoms with Crippen molar-refractivity contribution in [3.05, 3.63) is 41.9 Å². The highest BCUT2D eigenvalue weighted by molar-refractivity contribution is 5.84. The first-order chi connectivity index (χ1) is 8.50. The molecule has 0 bridgehead atoms. The van der Waals surface area contributed by atoms with Crippen molar-refractivity contribution in [2.24, 2.45) is 0 Å². The van der Waals surface area contributed by atoms with Gasteiger partial charge in [-0.25, -0.2) is 9.78 Å². The molecule has 0 saturated heterocycles. The normalized spacial score (nSPS) is 12.9. The van der Waals surface area contributed by atoms with Crippen molar-refractivity contribution in [1.29, 1.82) is 0 Å². The summed E-state index contributed by atoms with van der Waals surface area (Å²) in [6.45, 7) is 3.92. The number of carboxylic acid groups (broad SMARTS) is 1. The summed E-state index contributed by atoms with van der Waals surface area (Å²) in [4.78, 5) is 14.7. The molecule has 6 nitrogen and oxygen atoms in total. The van der Waals surface area contributed by atoms with Crippen molar-refractivity contribution < 1.29 is 19.4 Å². The Morgan fingerprint density at radius 1 is 1.44 bits per heavy atom. The van der Waals surface area contributed by atoms with Gasteiger partial charge >= 0.3 is 5.97 Å². The van der Waals surface area contributed by atoms with Crippen LogP contribution in [0.15, 0.2) is 29.1 Å². The van der Waals surface area contributed by atoms with Crippen LogP contribution in [-0.4, -0.2) is 25.7 Å². The summed E-state index contributed by atoms with van der Waals surface area (Å²) in [5.74, 6) is -1.17. The average molecular weight is 250 g/mol. The number of aliphatic hydroxyl groups excluding tert-OH is 1. The Morgan fingerprint density at radius 2 is 2.17 bits per heavy atom. The van der Waals surface area contributed by atoms with Gasteiger partial charge in [0, 0.05) is 6.04 Å². The number of hydrogen-bond acceptors (Lipinski definition) is 4. The third-order valence-electron chi connectivity index (χ3n) is 2.64. The van der Waals surface area contributed by atoms with Gasteiger partial charge in [-0.2, -0.15) is 0 Å². The molecule has 0 radical (unpaired) electrons. The van der Waals surface area contributed by atoms with Crippen LogP contribution in [0.1, 0.15) is 48.0 Å². The molecule has 0 amide bonds. The number of rotatable bonds is 4. The third-order valence-corrected chi connectivity index (χ3v) is 2.64.